The van der Waals surface area contributed by atoms with Crippen LogP contribution in [0.15, 0.2) is 78.9 Å². The number of hydrogen-bond donors (Lipinski definition) is 1. The van der Waals surface area contributed by atoms with Crippen molar-refractivity contribution in [3.8, 4) is 0 Å². The van der Waals surface area contributed by atoms with Crippen molar-refractivity contribution in [2.24, 2.45) is 0 Å². The van der Waals surface area contributed by atoms with Crippen LogP contribution in [0.4, 0.5) is 11.4 Å². The van der Waals surface area contributed by atoms with E-state index in [-0.39, 0.29) is 36.3 Å². The van der Waals surface area contributed by atoms with Gasteiger partial charge in [0, 0.05) is 31.1 Å². The maximum absolute atomic E-state index is 14.2. The summed E-state index contributed by atoms with van der Waals surface area (Å²) in [6.45, 7) is 1.06. The molecule has 0 unspecified atom stereocenters. The first-order valence-corrected chi connectivity index (χ1v) is 15.8. The number of nitro groups is 1. The van der Waals surface area contributed by atoms with Crippen LogP contribution in [0.2, 0.25) is 0 Å². The van der Waals surface area contributed by atoms with Gasteiger partial charge in [0.05, 0.1) is 16.9 Å². The number of carbonyl (C=O) groups excluding carboxylic acids is 2. The SMILES string of the molecule is Cc1ccc([N+](=O)[O-])cc1N(CC(=O)N(Cc1ccccc1)[C@@H](Cc1ccccc1)C(=O)NC1CCCC1)S(C)(=O)=O. The molecule has 1 N–H and O–H groups in total. The molecule has 0 aromatic heterocycles. The van der Waals surface area contributed by atoms with Gasteiger partial charge < -0.3 is 10.2 Å². The molecule has 222 valence electrons. The number of anilines is 1. The number of nitrogens with one attached hydrogen (secondary N) is 1. The van der Waals surface area contributed by atoms with Gasteiger partial charge in [0.25, 0.3) is 5.69 Å². The predicted octanol–water partition coefficient (Wildman–Crippen LogP) is 4.37. The van der Waals surface area contributed by atoms with E-state index in [9.17, 15) is 28.1 Å². The Bertz CT molecular complexity index is 1510. The average molecular weight is 593 g/mol. The third-order valence-corrected chi connectivity index (χ3v) is 8.65. The molecule has 42 heavy (non-hydrogen) atoms. The molecule has 3 aromatic carbocycles. The normalized spacial score (nSPS) is 14.2. The molecule has 0 saturated heterocycles. The molecule has 0 radical (unpaired) electrons. The van der Waals surface area contributed by atoms with E-state index in [1.807, 2.05) is 60.7 Å². The summed E-state index contributed by atoms with van der Waals surface area (Å²) in [6.07, 6.45) is 4.95. The van der Waals surface area contributed by atoms with Crippen LogP contribution in [0, 0.1) is 17.0 Å². The zero-order valence-electron chi connectivity index (χ0n) is 23.8. The van der Waals surface area contributed by atoms with Gasteiger partial charge in [0.15, 0.2) is 0 Å². The average Bonchev–Trinajstić information content (AvgIpc) is 3.47. The highest BCUT2D eigenvalue weighted by atomic mass is 32.2. The molecule has 10 nitrogen and oxygen atoms in total. The molecule has 2 amide bonds. The van der Waals surface area contributed by atoms with Crippen molar-refractivity contribution in [2.45, 2.75) is 57.7 Å². The summed E-state index contributed by atoms with van der Waals surface area (Å²) in [4.78, 5) is 40.3. The Balaban J connectivity index is 1.74. The van der Waals surface area contributed by atoms with E-state index in [0.717, 1.165) is 53.4 Å². The van der Waals surface area contributed by atoms with E-state index < -0.39 is 33.4 Å². The van der Waals surface area contributed by atoms with E-state index in [0.29, 0.717) is 5.56 Å². The molecule has 4 rings (SSSR count). The van der Waals surface area contributed by atoms with Gasteiger partial charge in [0.1, 0.15) is 12.6 Å². The van der Waals surface area contributed by atoms with E-state index in [4.69, 9.17) is 0 Å². The van der Waals surface area contributed by atoms with Gasteiger partial charge in [-0.15, -0.1) is 0 Å². The van der Waals surface area contributed by atoms with Crippen molar-refractivity contribution in [1.82, 2.24) is 10.2 Å². The largest absolute Gasteiger partial charge is 0.352 e. The fourth-order valence-electron chi connectivity index (χ4n) is 5.28. The molecule has 1 saturated carbocycles. The summed E-state index contributed by atoms with van der Waals surface area (Å²) in [5, 5.41) is 14.6. The smallest absolute Gasteiger partial charge is 0.271 e. The summed E-state index contributed by atoms with van der Waals surface area (Å²) in [6, 6.07) is 21.5. The summed E-state index contributed by atoms with van der Waals surface area (Å²) in [5.74, 6) is -0.898. The molecule has 0 heterocycles. The van der Waals surface area contributed by atoms with Gasteiger partial charge in [-0.3, -0.25) is 24.0 Å². The number of amides is 2. The molecule has 1 aliphatic carbocycles. The lowest BCUT2D eigenvalue weighted by atomic mass is 10.0. The van der Waals surface area contributed by atoms with Crippen LogP contribution in [0.25, 0.3) is 0 Å². The maximum atomic E-state index is 14.2. The van der Waals surface area contributed by atoms with Crippen molar-refractivity contribution >= 4 is 33.2 Å². The number of non-ortho nitro benzene ring substituents is 1. The van der Waals surface area contributed by atoms with Crippen molar-refractivity contribution in [2.75, 3.05) is 17.1 Å². The maximum Gasteiger partial charge on any atom is 0.271 e. The van der Waals surface area contributed by atoms with Crippen molar-refractivity contribution in [1.29, 1.82) is 0 Å². The first kappa shape index (κ1) is 30.7. The van der Waals surface area contributed by atoms with E-state index in [1.165, 1.54) is 17.0 Å². The summed E-state index contributed by atoms with van der Waals surface area (Å²) >= 11 is 0. The number of benzene rings is 3. The topological polar surface area (TPSA) is 130 Å². The van der Waals surface area contributed by atoms with Gasteiger partial charge in [0.2, 0.25) is 21.8 Å². The molecule has 0 spiro atoms. The highest BCUT2D eigenvalue weighted by Gasteiger charge is 2.34. The quantitative estimate of drug-likeness (QED) is 0.246. The van der Waals surface area contributed by atoms with Gasteiger partial charge in [-0.1, -0.05) is 79.6 Å². The highest BCUT2D eigenvalue weighted by Crippen LogP contribution is 2.28. The lowest BCUT2D eigenvalue weighted by molar-refractivity contribution is -0.384. The van der Waals surface area contributed by atoms with E-state index in [1.54, 1.807) is 6.92 Å². The number of nitrogens with zero attached hydrogens (tertiary/aromatic N) is 3. The summed E-state index contributed by atoms with van der Waals surface area (Å²) in [7, 11) is -4.05. The number of rotatable bonds is 12. The Labute approximate surface area is 246 Å². The molecule has 3 aromatic rings. The fourth-order valence-corrected chi connectivity index (χ4v) is 6.18. The molecular weight excluding hydrogens is 556 g/mol. The van der Waals surface area contributed by atoms with Crippen LogP contribution >= 0.6 is 0 Å². The Morgan fingerprint density at radius 1 is 0.976 bits per heavy atom. The molecule has 1 fully saturated rings. The van der Waals surface area contributed by atoms with Crippen LogP contribution in [0.1, 0.15) is 42.4 Å². The summed E-state index contributed by atoms with van der Waals surface area (Å²) in [5.41, 5.74) is 1.82. The molecular formula is C31H36N4O6S. The van der Waals surface area contributed by atoms with Crippen molar-refractivity contribution in [3.05, 3.63) is 106 Å². The van der Waals surface area contributed by atoms with Crippen LogP contribution in [0.5, 0.6) is 0 Å². The number of hydrogen-bond acceptors (Lipinski definition) is 6. The lowest BCUT2D eigenvalue weighted by Crippen LogP contribution is -2.54. The molecule has 11 heteroatoms. The number of carbonyl (C=O) groups is 2. The number of aryl methyl sites for hydroxylation is 1. The molecule has 0 aliphatic heterocycles. The van der Waals surface area contributed by atoms with Crippen LogP contribution in [-0.2, 0) is 32.6 Å². The number of nitro benzene ring substituents is 1. The minimum absolute atomic E-state index is 0.0180. The molecule has 1 atom stereocenters. The van der Waals surface area contributed by atoms with Crippen molar-refractivity contribution in [3.63, 3.8) is 0 Å². The van der Waals surface area contributed by atoms with E-state index in [2.05, 4.69) is 5.32 Å². The standard InChI is InChI=1S/C31H36N4O6S/c1-23-17-18-27(35(38)39)20-28(23)34(42(2,40)41)22-30(36)33(21-25-13-7-4-8-14-25)29(19-24-11-5-3-6-12-24)31(37)32-26-15-9-10-16-26/h3-8,11-14,17-18,20,26,29H,9-10,15-16,19,21-22H2,1-2H3,(H,32,37)/t29-/m0/s1. The van der Waals surface area contributed by atoms with Crippen molar-refractivity contribution < 1.29 is 22.9 Å². The third kappa shape index (κ3) is 7.94. The second kappa shape index (κ2) is 13.6. The Morgan fingerprint density at radius 3 is 2.14 bits per heavy atom. The van der Waals surface area contributed by atoms with E-state index >= 15 is 0 Å². The zero-order valence-corrected chi connectivity index (χ0v) is 24.6. The second-order valence-corrected chi connectivity index (χ2v) is 12.6. The predicted molar refractivity (Wildman–Crippen MR) is 161 cm³/mol. The second-order valence-electron chi connectivity index (χ2n) is 10.7. The first-order valence-electron chi connectivity index (χ1n) is 13.9. The molecule has 0 bridgehead atoms. The summed E-state index contributed by atoms with van der Waals surface area (Å²) < 4.78 is 26.9. The Kier molecular flexibility index (Phi) is 9.95. The van der Waals surface area contributed by atoms with Gasteiger partial charge in [-0.05, 0) is 36.5 Å². The fraction of sp³-hybridized carbons (Fsp3) is 0.355. The van der Waals surface area contributed by atoms with Gasteiger partial charge in [-0.25, -0.2) is 8.42 Å². The minimum atomic E-state index is -4.05. The number of sulfonamides is 1. The monoisotopic (exact) mass is 592 g/mol. The van der Waals surface area contributed by atoms with Crippen LogP contribution in [0.3, 0.4) is 0 Å². The van der Waals surface area contributed by atoms with Gasteiger partial charge in [-0.2, -0.15) is 0 Å². The minimum Gasteiger partial charge on any atom is -0.352 e. The molecule has 1 aliphatic rings. The third-order valence-electron chi connectivity index (χ3n) is 7.52. The van der Waals surface area contributed by atoms with Gasteiger partial charge >= 0.3 is 0 Å². The zero-order chi connectivity index (χ0) is 30.3. The van der Waals surface area contributed by atoms with Crippen LogP contribution in [-0.4, -0.2) is 54.9 Å². The first-order chi connectivity index (χ1) is 20.0. The Morgan fingerprint density at radius 2 is 1.57 bits per heavy atom. The highest BCUT2D eigenvalue weighted by molar-refractivity contribution is 7.92. The lowest BCUT2D eigenvalue weighted by Gasteiger charge is -2.34. The Hall–Kier alpha value is -4.25. The van der Waals surface area contributed by atoms with Crippen LogP contribution < -0.4 is 9.62 Å².